The second-order valence-electron chi connectivity index (χ2n) is 6.74. The first-order valence-electron chi connectivity index (χ1n) is 9.07. The summed E-state index contributed by atoms with van der Waals surface area (Å²) in [6, 6.07) is 10.4. The lowest BCUT2D eigenvalue weighted by molar-refractivity contribution is -0.133. The predicted molar refractivity (Wildman–Crippen MR) is 103 cm³/mol. The fourth-order valence-electron chi connectivity index (χ4n) is 3.00. The van der Waals surface area contributed by atoms with E-state index in [1.165, 1.54) is 4.90 Å². The zero-order valence-electron chi connectivity index (χ0n) is 15.3. The van der Waals surface area contributed by atoms with Crippen LogP contribution in [0, 0.1) is 0 Å². The fourth-order valence-corrected chi connectivity index (χ4v) is 3.84. The third-order valence-electron chi connectivity index (χ3n) is 4.20. The Morgan fingerprint density at radius 1 is 1.27 bits per heavy atom. The van der Waals surface area contributed by atoms with Gasteiger partial charge in [-0.3, -0.25) is 4.79 Å². The van der Waals surface area contributed by atoms with Crippen LogP contribution >= 0.6 is 11.8 Å². The molecule has 0 aliphatic carbocycles. The van der Waals surface area contributed by atoms with E-state index in [4.69, 9.17) is 4.74 Å². The lowest BCUT2D eigenvalue weighted by Crippen LogP contribution is -2.45. The molecule has 2 heterocycles. The fraction of sp³-hybridized carbons (Fsp3) is 0.450. The number of hydrogen-bond donors (Lipinski definition) is 0. The molecule has 1 saturated heterocycles. The highest BCUT2D eigenvalue weighted by Crippen LogP contribution is 2.23. The molecule has 0 spiro atoms. The maximum atomic E-state index is 12.7. The summed E-state index contributed by atoms with van der Waals surface area (Å²) in [4.78, 5) is 24.0. The van der Waals surface area contributed by atoms with Crippen LogP contribution in [0.5, 0.6) is 6.01 Å². The summed E-state index contributed by atoms with van der Waals surface area (Å²) in [5.41, 5.74) is 1.05. The van der Waals surface area contributed by atoms with Crippen molar-refractivity contribution >= 4 is 17.7 Å². The Balaban J connectivity index is 1.54. The van der Waals surface area contributed by atoms with Gasteiger partial charge in [-0.1, -0.05) is 26.0 Å². The molecule has 26 heavy (non-hydrogen) atoms. The van der Waals surface area contributed by atoms with Crippen LogP contribution in [0.25, 0.3) is 0 Å². The van der Waals surface area contributed by atoms with Gasteiger partial charge < -0.3 is 9.64 Å². The number of amides is 1. The first-order valence-corrected chi connectivity index (χ1v) is 9.95. The van der Waals surface area contributed by atoms with E-state index < -0.39 is 0 Å². The van der Waals surface area contributed by atoms with E-state index in [2.05, 4.69) is 48.1 Å². The van der Waals surface area contributed by atoms with Gasteiger partial charge in [0.05, 0.1) is 13.0 Å². The molecule has 6 heteroatoms. The Labute approximate surface area is 159 Å². The van der Waals surface area contributed by atoms with Crippen molar-refractivity contribution in [3.63, 3.8) is 0 Å². The molecule has 5 nitrogen and oxygen atoms in total. The number of carbonyl (C=O) groups is 1. The molecular formula is C20H25N3O2S. The summed E-state index contributed by atoms with van der Waals surface area (Å²) in [5, 5.41) is 0.557. The van der Waals surface area contributed by atoms with E-state index in [0.717, 1.165) is 24.9 Å². The van der Waals surface area contributed by atoms with Gasteiger partial charge in [-0.05, 0) is 36.6 Å². The highest BCUT2D eigenvalue weighted by Gasteiger charge is 2.25. The summed E-state index contributed by atoms with van der Waals surface area (Å²) in [7, 11) is 0. The Hall–Kier alpha value is -2.08. The number of thioether (sulfide) groups is 1. The molecule has 1 atom stereocenters. The molecule has 1 unspecified atom stereocenters. The van der Waals surface area contributed by atoms with E-state index in [1.807, 2.05) is 16.7 Å². The monoisotopic (exact) mass is 371 g/mol. The predicted octanol–water partition coefficient (Wildman–Crippen LogP) is 3.59. The zero-order chi connectivity index (χ0) is 18.4. The molecule has 0 bridgehead atoms. The highest BCUT2D eigenvalue weighted by molar-refractivity contribution is 7.99. The van der Waals surface area contributed by atoms with Gasteiger partial charge in [0.25, 0.3) is 0 Å². The second kappa shape index (κ2) is 9.03. The number of nitrogens with zero attached hydrogens (tertiary/aromatic N) is 3. The Morgan fingerprint density at radius 3 is 2.69 bits per heavy atom. The summed E-state index contributed by atoms with van der Waals surface area (Å²) in [5.74, 6) is 0.150. The van der Waals surface area contributed by atoms with Gasteiger partial charge in [0.15, 0.2) is 0 Å². The normalized spacial score (nSPS) is 17.3. The van der Waals surface area contributed by atoms with Crippen molar-refractivity contribution < 1.29 is 9.53 Å². The molecule has 1 fully saturated rings. The van der Waals surface area contributed by atoms with Crippen molar-refractivity contribution in [2.24, 2.45) is 0 Å². The molecule has 0 saturated carbocycles. The minimum Gasteiger partial charge on any atom is -0.458 e. The quantitative estimate of drug-likeness (QED) is 0.727. The van der Waals surface area contributed by atoms with Crippen LogP contribution in [-0.4, -0.2) is 45.2 Å². The summed E-state index contributed by atoms with van der Waals surface area (Å²) < 4.78 is 5.82. The van der Waals surface area contributed by atoms with Gasteiger partial charge in [0.2, 0.25) is 5.91 Å². The van der Waals surface area contributed by atoms with Crippen molar-refractivity contribution in [1.29, 1.82) is 0 Å². The van der Waals surface area contributed by atoms with Crippen molar-refractivity contribution in [1.82, 2.24) is 14.9 Å². The van der Waals surface area contributed by atoms with Gasteiger partial charge in [-0.25, -0.2) is 9.97 Å². The van der Waals surface area contributed by atoms with Crippen molar-refractivity contribution in [3.8, 4) is 6.01 Å². The topological polar surface area (TPSA) is 55.3 Å². The molecule has 1 aliphatic heterocycles. The van der Waals surface area contributed by atoms with Crippen LogP contribution in [0.4, 0.5) is 0 Å². The molecule has 0 radical (unpaired) electrons. The van der Waals surface area contributed by atoms with Gasteiger partial charge in [0.1, 0.15) is 6.10 Å². The Kier molecular flexibility index (Phi) is 6.50. The number of hydrogen-bond acceptors (Lipinski definition) is 5. The third kappa shape index (κ3) is 5.46. The maximum Gasteiger partial charge on any atom is 0.316 e. The number of rotatable bonds is 6. The van der Waals surface area contributed by atoms with Crippen LogP contribution in [0.3, 0.4) is 0 Å². The molecular weight excluding hydrogens is 346 g/mol. The Bertz CT molecular complexity index is 707. The van der Waals surface area contributed by atoms with Gasteiger partial charge in [-0.2, -0.15) is 0 Å². The molecule has 1 amide bonds. The number of carbonyl (C=O) groups excluding carboxylic acids is 1. The third-order valence-corrected chi connectivity index (χ3v) is 5.21. The van der Waals surface area contributed by atoms with Crippen LogP contribution in [0.2, 0.25) is 0 Å². The Morgan fingerprint density at radius 2 is 2.00 bits per heavy atom. The van der Waals surface area contributed by atoms with Crippen molar-refractivity contribution in [2.75, 3.05) is 13.1 Å². The molecule has 3 rings (SSSR count). The van der Waals surface area contributed by atoms with Crippen molar-refractivity contribution in [3.05, 3.63) is 48.3 Å². The SMILES string of the molecule is CC(C)Sc1ccc(CC(=O)N2CCCC(Oc3ncccn3)C2)cc1. The largest absolute Gasteiger partial charge is 0.458 e. The van der Waals surface area contributed by atoms with E-state index in [1.54, 1.807) is 18.5 Å². The van der Waals surface area contributed by atoms with Gasteiger partial charge in [-0.15, -0.1) is 11.8 Å². The van der Waals surface area contributed by atoms with E-state index in [-0.39, 0.29) is 12.0 Å². The van der Waals surface area contributed by atoms with Crippen LogP contribution in [-0.2, 0) is 11.2 Å². The lowest BCUT2D eigenvalue weighted by Gasteiger charge is -2.32. The maximum absolute atomic E-state index is 12.7. The molecule has 1 aromatic heterocycles. The summed E-state index contributed by atoms with van der Waals surface area (Å²) in [6.07, 6.45) is 5.57. The minimum atomic E-state index is -0.0417. The molecule has 1 aromatic carbocycles. The molecule has 0 N–H and O–H groups in total. The summed E-state index contributed by atoms with van der Waals surface area (Å²) in [6.45, 7) is 5.74. The van der Waals surface area contributed by atoms with Crippen LogP contribution in [0.1, 0.15) is 32.3 Å². The van der Waals surface area contributed by atoms with Gasteiger partial charge in [0, 0.05) is 29.1 Å². The molecule has 138 valence electrons. The van der Waals surface area contributed by atoms with Crippen molar-refractivity contribution in [2.45, 2.75) is 49.4 Å². The number of ether oxygens (including phenoxy) is 1. The average Bonchev–Trinajstić information content (AvgIpc) is 2.64. The first-order chi connectivity index (χ1) is 12.6. The molecule has 2 aromatic rings. The van der Waals surface area contributed by atoms with Gasteiger partial charge >= 0.3 is 6.01 Å². The minimum absolute atomic E-state index is 0.0417. The van der Waals surface area contributed by atoms with E-state index in [9.17, 15) is 4.79 Å². The number of piperidine rings is 1. The standard InChI is InChI=1S/C20H25N3O2S/c1-15(2)26-18-8-6-16(7-9-18)13-19(24)23-12-3-5-17(14-23)25-20-21-10-4-11-22-20/h4,6-11,15,17H,3,5,12-14H2,1-2H3. The smallest absolute Gasteiger partial charge is 0.316 e. The first kappa shape index (κ1) is 18.7. The molecule has 1 aliphatic rings. The number of aromatic nitrogens is 2. The highest BCUT2D eigenvalue weighted by atomic mass is 32.2. The second-order valence-corrected chi connectivity index (χ2v) is 8.39. The van der Waals surface area contributed by atoms with Crippen LogP contribution < -0.4 is 4.74 Å². The van der Waals surface area contributed by atoms with E-state index in [0.29, 0.717) is 24.2 Å². The van der Waals surface area contributed by atoms with Crippen LogP contribution in [0.15, 0.2) is 47.6 Å². The number of benzene rings is 1. The average molecular weight is 372 g/mol. The van der Waals surface area contributed by atoms with E-state index >= 15 is 0 Å². The number of likely N-dealkylation sites (tertiary alicyclic amines) is 1. The lowest BCUT2D eigenvalue weighted by atomic mass is 10.1. The zero-order valence-corrected chi connectivity index (χ0v) is 16.1. The summed E-state index contributed by atoms with van der Waals surface area (Å²) >= 11 is 1.83.